The minimum absolute atomic E-state index is 0.0762. The lowest BCUT2D eigenvalue weighted by Gasteiger charge is -2.23. The van der Waals surface area contributed by atoms with Crippen molar-refractivity contribution in [2.75, 3.05) is 5.32 Å². The standard InChI is InChI=1S/C17H18BrF2N/c1-11(2)8-16(12-6-4-3-5-7-12)21-17-14(19)9-13(18)10-15(17)20/h3-7,9-11,16,21H,8H2,1-2H3. The summed E-state index contributed by atoms with van der Waals surface area (Å²) in [4.78, 5) is 0. The third kappa shape index (κ3) is 4.27. The normalized spacial score (nSPS) is 12.5. The first-order valence-corrected chi connectivity index (χ1v) is 7.72. The van der Waals surface area contributed by atoms with Crippen molar-refractivity contribution in [1.82, 2.24) is 0 Å². The van der Waals surface area contributed by atoms with Crippen LogP contribution < -0.4 is 5.32 Å². The van der Waals surface area contributed by atoms with E-state index in [-0.39, 0.29) is 11.7 Å². The molecule has 1 N–H and O–H groups in total. The van der Waals surface area contributed by atoms with Gasteiger partial charge in [-0.2, -0.15) is 0 Å². The van der Waals surface area contributed by atoms with Gasteiger partial charge in [0.05, 0.1) is 6.04 Å². The predicted octanol–water partition coefficient (Wildman–Crippen LogP) is 5.93. The maximum Gasteiger partial charge on any atom is 0.150 e. The summed E-state index contributed by atoms with van der Waals surface area (Å²) in [5.41, 5.74) is 0.945. The van der Waals surface area contributed by atoms with Crippen LogP contribution >= 0.6 is 15.9 Å². The smallest absolute Gasteiger partial charge is 0.150 e. The third-order valence-corrected chi connectivity index (χ3v) is 3.69. The molecule has 0 aliphatic carbocycles. The molecule has 112 valence electrons. The van der Waals surface area contributed by atoms with Gasteiger partial charge < -0.3 is 5.32 Å². The second-order valence-corrected chi connectivity index (χ2v) is 6.40. The van der Waals surface area contributed by atoms with Crippen LogP contribution in [0.2, 0.25) is 0 Å². The number of rotatable bonds is 5. The van der Waals surface area contributed by atoms with Crippen LogP contribution in [-0.2, 0) is 0 Å². The lowest BCUT2D eigenvalue weighted by molar-refractivity contribution is 0.520. The molecule has 0 aliphatic heterocycles. The van der Waals surface area contributed by atoms with Gasteiger partial charge in [-0.15, -0.1) is 0 Å². The van der Waals surface area contributed by atoms with E-state index >= 15 is 0 Å². The Morgan fingerprint density at radius 1 is 1.05 bits per heavy atom. The second-order valence-electron chi connectivity index (χ2n) is 5.48. The molecule has 0 radical (unpaired) electrons. The van der Waals surface area contributed by atoms with E-state index in [4.69, 9.17) is 0 Å². The molecule has 1 atom stereocenters. The van der Waals surface area contributed by atoms with Crippen molar-refractivity contribution < 1.29 is 8.78 Å². The highest BCUT2D eigenvalue weighted by atomic mass is 79.9. The molecule has 0 heterocycles. The number of hydrogen-bond donors (Lipinski definition) is 1. The van der Waals surface area contributed by atoms with Crippen LogP contribution in [-0.4, -0.2) is 0 Å². The van der Waals surface area contributed by atoms with Crippen molar-refractivity contribution in [3.63, 3.8) is 0 Å². The highest BCUT2D eigenvalue weighted by Crippen LogP contribution is 2.30. The molecule has 0 amide bonds. The quantitative estimate of drug-likeness (QED) is 0.702. The van der Waals surface area contributed by atoms with E-state index in [9.17, 15) is 8.78 Å². The van der Waals surface area contributed by atoms with Crippen LogP contribution in [0, 0.1) is 17.6 Å². The van der Waals surface area contributed by atoms with Crippen LogP contribution in [0.1, 0.15) is 31.9 Å². The summed E-state index contributed by atoms with van der Waals surface area (Å²) in [6, 6.07) is 12.1. The second kappa shape index (κ2) is 7.03. The van der Waals surface area contributed by atoms with Crippen LogP contribution in [0.25, 0.3) is 0 Å². The van der Waals surface area contributed by atoms with Crippen molar-refractivity contribution >= 4 is 21.6 Å². The summed E-state index contributed by atoms with van der Waals surface area (Å²) >= 11 is 3.09. The van der Waals surface area contributed by atoms with Gasteiger partial charge in [0, 0.05) is 4.47 Å². The Balaban J connectivity index is 2.32. The average Bonchev–Trinajstić information content (AvgIpc) is 2.42. The van der Waals surface area contributed by atoms with Gasteiger partial charge in [0.2, 0.25) is 0 Å². The summed E-state index contributed by atoms with van der Waals surface area (Å²) < 4.78 is 28.4. The van der Waals surface area contributed by atoms with E-state index in [0.29, 0.717) is 10.4 Å². The first kappa shape index (κ1) is 16.0. The van der Waals surface area contributed by atoms with E-state index < -0.39 is 11.6 Å². The van der Waals surface area contributed by atoms with Crippen molar-refractivity contribution in [3.05, 3.63) is 64.1 Å². The Hall–Kier alpha value is -1.42. The van der Waals surface area contributed by atoms with Crippen molar-refractivity contribution in [3.8, 4) is 0 Å². The average molecular weight is 354 g/mol. The van der Waals surface area contributed by atoms with Gasteiger partial charge in [-0.3, -0.25) is 0 Å². The molecule has 2 aromatic carbocycles. The first-order chi connectivity index (χ1) is 9.97. The Kier molecular flexibility index (Phi) is 5.34. The summed E-state index contributed by atoms with van der Waals surface area (Å²) in [5, 5.41) is 3.02. The molecule has 4 heteroatoms. The number of hydrogen-bond acceptors (Lipinski definition) is 1. The molecule has 0 aromatic heterocycles. The lowest BCUT2D eigenvalue weighted by Crippen LogP contribution is -2.15. The maximum absolute atomic E-state index is 14.0. The van der Waals surface area contributed by atoms with Crippen LogP contribution in [0.5, 0.6) is 0 Å². The van der Waals surface area contributed by atoms with Gasteiger partial charge in [0.15, 0.2) is 0 Å². The first-order valence-electron chi connectivity index (χ1n) is 6.93. The SMILES string of the molecule is CC(C)CC(Nc1c(F)cc(Br)cc1F)c1ccccc1. The molecular weight excluding hydrogens is 336 g/mol. The third-order valence-electron chi connectivity index (χ3n) is 3.23. The molecule has 1 nitrogen and oxygen atoms in total. The van der Waals surface area contributed by atoms with Crippen LogP contribution in [0.3, 0.4) is 0 Å². The molecular formula is C17H18BrF2N. The van der Waals surface area contributed by atoms with Gasteiger partial charge in [0.1, 0.15) is 17.3 Å². The Morgan fingerprint density at radius 2 is 1.62 bits per heavy atom. The van der Waals surface area contributed by atoms with E-state index in [1.54, 1.807) is 0 Å². The monoisotopic (exact) mass is 353 g/mol. The van der Waals surface area contributed by atoms with Gasteiger partial charge in [0.25, 0.3) is 0 Å². The zero-order valence-corrected chi connectivity index (χ0v) is 13.6. The van der Waals surface area contributed by atoms with Gasteiger partial charge >= 0.3 is 0 Å². The lowest BCUT2D eigenvalue weighted by atomic mass is 9.96. The predicted molar refractivity (Wildman–Crippen MR) is 86.3 cm³/mol. The number of halogens is 3. The van der Waals surface area contributed by atoms with E-state index in [0.717, 1.165) is 12.0 Å². The largest absolute Gasteiger partial charge is 0.373 e. The molecule has 1 unspecified atom stereocenters. The molecule has 0 saturated carbocycles. The highest BCUT2D eigenvalue weighted by Gasteiger charge is 2.18. The zero-order chi connectivity index (χ0) is 15.4. The molecule has 0 fully saturated rings. The van der Waals surface area contributed by atoms with Crippen molar-refractivity contribution in [2.45, 2.75) is 26.3 Å². The van der Waals surface area contributed by atoms with Crippen molar-refractivity contribution in [1.29, 1.82) is 0 Å². The zero-order valence-electron chi connectivity index (χ0n) is 12.0. The molecule has 0 spiro atoms. The molecule has 2 rings (SSSR count). The Labute approximate surface area is 132 Å². The summed E-state index contributed by atoms with van der Waals surface area (Å²) in [5.74, 6) is -0.776. The van der Waals surface area contributed by atoms with E-state index in [1.807, 2.05) is 30.3 Å². The molecule has 2 aromatic rings. The number of nitrogens with one attached hydrogen (secondary N) is 1. The Morgan fingerprint density at radius 3 is 2.14 bits per heavy atom. The fourth-order valence-corrected chi connectivity index (χ4v) is 2.69. The fraction of sp³-hybridized carbons (Fsp3) is 0.294. The van der Waals surface area contributed by atoms with Gasteiger partial charge in [-0.05, 0) is 30.0 Å². The molecule has 21 heavy (non-hydrogen) atoms. The summed E-state index contributed by atoms with van der Waals surface area (Å²) in [6.07, 6.45) is 0.791. The van der Waals surface area contributed by atoms with Gasteiger partial charge in [-0.1, -0.05) is 60.1 Å². The minimum atomic E-state index is -0.591. The van der Waals surface area contributed by atoms with Crippen molar-refractivity contribution in [2.24, 2.45) is 5.92 Å². The fourth-order valence-electron chi connectivity index (χ4n) is 2.29. The molecule has 0 aliphatic rings. The van der Waals surface area contributed by atoms with Crippen LogP contribution in [0.4, 0.5) is 14.5 Å². The number of benzene rings is 2. The van der Waals surface area contributed by atoms with E-state index in [1.165, 1.54) is 12.1 Å². The Bertz CT molecular complexity index is 576. The topological polar surface area (TPSA) is 12.0 Å². The van der Waals surface area contributed by atoms with Crippen LogP contribution in [0.15, 0.2) is 46.9 Å². The molecule has 0 bridgehead atoms. The minimum Gasteiger partial charge on any atom is -0.373 e. The summed E-state index contributed by atoms with van der Waals surface area (Å²) in [7, 11) is 0. The van der Waals surface area contributed by atoms with Gasteiger partial charge in [-0.25, -0.2) is 8.78 Å². The maximum atomic E-state index is 14.0. The van der Waals surface area contributed by atoms with E-state index in [2.05, 4.69) is 35.1 Å². The highest BCUT2D eigenvalue weighted by molar-refractivity contribution is 9.10. The summed E-state index contributed by atoms with van der Waals surface area (Å²) in [6.45, 7) is 4.18. The molecule has 0 saturated heterocycles. The number of anilines is 1.